The van der Waals surface area contributed by atoms with Crippen molar-refractivity contribution in [1.29, 1.82) is 10.5 Å². The minimum absolute atomic E-state index is 0.00278. The SMILES string of the molecule is N#Cc1ccc(N2CC[C@H](C(=O)N[C@@H]3C[C@@H]4CC[C@H]3N4C#N)C2)c(F)c1. The van der Waals surface area contributed by atoms with Crippen LogP contribution in [0, 0.1) is 34.5 Å². The van der Waals surface area contributed by atoms with Gasteiger partial charge in [-0.25, -0.2) is 4.39 Å². The Kier molecular flexibility index (Phi) is 4.16. The molecule has 0 aromatic heterocycles. The van der Waals surface area contributed by atoms with E-state index in [-0.39, 0.29) is 35.5 Å². The third kappa shape index (κ3) is 2.74. The van der Waals surface area contributed by atoms with Crippen molar-refractivity contribution in [2.45, 2.75) is 43.8 Å². The molecule has 0 saturated carbocycles. The number of benzene rings is 1. The summed E-state index contributed by atoms with van der Waals surface area (Å²) in [5.74, 6) is -0.612. The van der Waals surface area contributed by atoms with Gasteiger partial charge in [-0.2, -0.15) is 10.5 Å². The minimum Gasteiger partial charge on any atom is -0.368 e. The highest BCUT2D eigenvalue weighted by molar-refractivity contribution is 5.80. The first-order valence-electron chi connectivity index (χ1n) is 9.03. The lowest BCUT2D eigenvalue weighted by Crippen LogP contribution is -2.46. The molecule has 1 N–H and O–H groups in total. The number of hydrogen-bond acceptors (Lipinski definition) is 5. The second-order valence-electron chi connectivity index (χ2n) is 7.37. The molecule has 1 aromatic rings. The molecule has 4 rings (SSSR count). The predicted octanol–water partition coefficient (Wildman–Crippen LogP) is 1.73. The fourth-order valence-electron chi connectivity index (χ4n) is 4.63. The molecule has 3 heterocycles. The standard InChI is InChI=1S/C19H20FN5O/c20-15-7-12(9-21)1-3-17(15)24-6-5-13(10-24)19(26)23-16-8-14-2-4-18(16)25(14)11-22/h1,3,7,13-14,16,18H,2,4-6,8,10H2,(H,23,26)/t13-,14-,16+,18+/m0/s1. The summed E-state index contributed by atoms with van der Waals surface area (Å²) in [4.78, 5) is 16.4. The number of carbonyl (C=O) groups excluding carboxylic acids is 1. The molecular formula is C19H20FN5O. The highest BCUT2D eigenvalue weighted by Crippen LogP contribution is 2.37. The fraction of sp³-hybridized carbons (Fsp3) is 0.526. The van der Waals surface area contributed by atoms with Crippen LogP contribution in [0.1, 0.15) is 31.2 Å². The molecule has 0 radical (unpaired) electrons. The van der Waals surface area contributed by atoms with Crippen LogP contribution in [0.5, 0.6) is 0 Å². The Hall–Kier alpha value is -2.80. The molecule has 4 atom stereocenters. The van der Waals surface area contributed by atoms with Crippen molar-refractivity contribution in [2.24, 2.45) is 5.92 Å². The molecule has 2 bridgehead atoms. The Morgan fingerprint density at radius 1 is 1.27 bits per heavy atom. The number of fused-ring (bicyclic) bond motifs is 2. The van der Waals surface area contributed by atoms with Crippen LogP contribution in [0.4, 0.5) is 10.1 Å². The third-order valence-corrected chi connectivity index (χ3v) is 5.96. The van der Waals surface area contributed by atoms with E-state index in [0.29, 0.717) is 25.2 Å². The summed E-state index contributed by atoms with van der Waals surface area (Å²) in [7, 11) is 0. The molecule has 26 heavy (non-hydrogen) atoms. The van der Waals surface area contributed by atoms with E-state index in [0.717, 1.165) is 19.3 Å². The molecule has 0 aliphatic carbocycles. The predicted molar refractivity (Wildman–Crippen MR) is 92.2 cm³/mol. The van der Waals surface area contributed by atoms with Crippen LogP contribution in [-0.2, 0) is 4.79 Å². The summed E-state index contributed by atoms with van der Waals surface area (Å²) in [6.45, 7) is 1.08. The summed E-state index contributed by atoms with van der Waals surface area (Å²) in [6, 6.07) is 6.79. The zero-order valence-corrected chi connectivity index (χ0v) is 14.4. The van der Waals surface area contributed by atoms with Gasteiger partial charge in [0.2, 0.25) is 5.91 Å². The Bertz CT molecular complexity index is 813. The van der Waals surface area contributed by atoms with Gasteiger partial charge >= 0.3 is 0 Å². The lowest BCUT2D eigenvalue weighted by Gasteiger charge is -2.24. The number of nitrogens with zero attached hydrogens (tertiary/aromatic N) is 4. The number of carbonyl (C=O) groups is 1. The van der Waals surface area contributed by atoms with E-state index in [2.05, 4.69) is 11.5 Å². The maximum absolute atomic E-state index is 14.2. The first kappa shape index (κ1) is 16.7. The highest BCUT2D eigenvalue weighted by atomic mass is 19.1. The second-order valence-corrected chi connectivity index (χ2v) is 7.37. The smallest absolute Gasteiger partial charge is 0.225 e. The van der Waals surface area contributed by atoms with E-state index in [1.165, 1.54) is 6.07 Å². The van der Waals surface area contributed by atoms with Crippen molar-refractivity contribution in [3.8, 4) is 12.3 Å². The number of nitriles is 2. The Labute approximate surface area is 151 Å². The molecular weight excluding hydrogens is 333 g/mol. The number of hydrogen-bond donors (Lipinski definition) is 1. The van der Waals surface area contributed by atoms with Crippen molar-refractivity contribution in [1.82, 2.24) is 10.2 Å². The van der Waals surface area contributed by atoms with Crippen molar-refractivity contribution in [2.75, 3.05) is 18.0 Å². The second kappa shape index (κ2) is 6.49. The van der Waals surface area contributed by atoms with Gasteiger partial charge in [-0.1, -0.05) is 0 Å². The first-order valence-corrected chi connectivity index (χ1v) is 9.03. The van der Waals surface area contributed by atoms with Gasteiger partial charge in [-0.05, 0) is 43.9 Å². The van der Waals surface area contributed by atoms with Gasteiger partial charge in [-0.3, -0.25) is 4.79 Å². The van der Waals surface area contributed by atoms with Gasteiger partial charge in [0.1, 0.15) is 5.82 Å². The van der Waals surface area contributed by atoms with Gasteiger partial charge < -0.3 is 15.1 Å². The number of nitrogens with one attached hydrogen (secondary N) is 1. The molecule has 7 heteroatoms. The lowest BCUT2D eigenvalue weighted by molar-refractivity contribution is -0.125. The van der Waals surface area contributed by atoms with Gasteiger partial charge in [0.05, 0.1) is 35.3 Å². The molecule has 3 aliphatic heterocycles. The van der Waals surface area contributed by atoms with E-state index >= 15 is 0 Å². The molecule has 3 aliphatic rings. The first-order chi connectivity index (χ1) is 12.6. The molecule has 134 valence electrons. The van der Waals surface area contributed by atoms with Gasteiger partial charge in [-0.15, -0.1) is 0 Å². The molecule has 6 nitrogen and oxygen atoms in total. The van der Waals surface area contributed by atoms with E-state index in [9.17, 15) is 14.4 Å². The molecule has 1 amide bonds. The third-order valence-electron chi connectivity index (χ3n) is 5.96. The van der Waals surface area contributed by atoms with Crippen LogP contribution < -0.4 is 10.2 Å². The Morgan fingerprint density at radius 3 is 2.81 bits per heavy atom. The van der Waals surface area contributed by atoms with E-state index in [4.69, 9.17) is 5.26 Å². The van der Waals surface area contributed by atoms with Crippen molar-refractivity contribution < 1.29 is 9.18 Å². The minimum atomic E-state index is -0.428. The van der Waals surface area contributed by atoms with Crippen LogP contribution in [0.25, 0.3) is 0 Å². The van der Waals surface area contributed by atoms with E-state index in [1.807, 2.05) is 15.9 Å². The fourth-order valence-corrected chi connectivity index (χ4v) is 4.63. The zero-order valence-electron chi connectivity index (χ0n) is 14.4. The quantitative estimate of drug-likeness (QED) is 0.837. The number of halogens is 1. The lowest BCUT2D eigenvalue weighted by atomic mass is 9.95. The molecule has 0 unspecified atom stereocenters. The normalized spacial score (nSPS) is 29.5. The monoisotopic (exact) mass is 353 g/mol. The van der Waals surface area contributed by atoms with E-state index < -0.39 is 5.82 Å². The summed E-state index contributed by atoms with van der Waals surface area (Å²) < 4.78 is 14.2. The molecule has 0 spiro atoms. The van der Waals surface area contributed by atoms with Crippen molar-refractivity contribution >= 4 is 11.6 Å². The maximum atomic E-state index is 14.2. The van der Waals surface area contributed by atoms with Crippen molar-refractivity contribution in [3.63, 3.8) is 0 Å². The van der Waals surface area contributed by atoms with Gasteiger partial charge in [0, 0.05) is 19.1 Å². The summed E-state index contributed by atoms with van der Waals surface area (Å²) >= 11 is 0. The highest BCUT2D eigenvalue weighted by Gasteiger charge is 2.47. The zero-order chi connectivity index (χ0) is 18.3. The average Bonchev–Trinajstić information content (AvgIpc) is 3.35. The number of amides is 1. The van der Waals surface area contributed by atoms with Crippen LogP contribution in [-0.4, -0.2) is 42.0 Å². The van der Waals surface area contributed by atoms with Gasteiger partial charge in [0.25, 0.3) is 0 Å². The van der Waals surface area contributed by atoms with Crippen LogP contribution in [0.2, 0.25) is 0 Å². The van der Waals surface area contributed by atoms with Gasteiger partial charge in [0.15, 0.2) is 6.19 Å². The largest absolute Gasteiger partial charge is 0.368 e. The summed E-state index contributed by atoms with van der Waals surface area (Å²) in [6.07, 6.45) is 5.75. The van der Waals surface area contributed by atoms with E-state index in [1.54, 1.807) is 12.1 Å². The average molecular weight is 353 g/mol. The van der Waals surface area contributed by atoms with Crippen LogP contribution in [0.15, 0.2) is 18.2 Å². The van der Waals surface area contributed by atoms with Crippen LogP contribution in [0.3, 0.4) is 0 Å². The molecule has 1 aromatic carbocycles. The number of rotatable bonds is 3. The molecule has 3 saturated heterocycles. The Morgan fingerprint density at radius 2 is 2.12 bits per heavy atom. The topological polar surface area (TPSA) is 83.2 Å². The van der Waals surface area contributed by atoms with Crippen molar-refractivity contribution in [3.05, 3.63) is 29.6 Å². The van der Waals surface area contributed by atoms with Crippen LogP contribution >= 0.6 is 0 Å². The summed E-state index contributed by atoms with van der Waals surface area (Å²) in [5.41, 5.74) is 0.730. The maximum Gasteiger partial charge on any atom is 0.225 e. The molecule has 3 fully saturated rings. The summed E-state index contributed by atoms with van der Waals surface area (Å²) in [5, 5.41) is 21.2. The Balaban J connectivity index is 1.38. The number of anilines is 1.